The van der Waals surface area contributed by atoms with Crippen LogP contribution in [0.3, 0.4) is 0 Å². The highest BCUT2D eigenvalue weighted by atomic mass is 35.5. The zero-order valence-electron chi connectivity index (χ0n) is 7.28. The maximum absolute atomic E-state index is 11.3. The number of rotatable bonds is 2. The van der Waals surface area contributed by atoms with E-state index >= 15 is 0 Å². The molecule has 0 radical (unpaired) electrons. The van der Waals surface area contributed by atoms with E-state index < -0.39 is 10.0 Å². The average Bonchev–Trinajstić information content (AvgIpc) is 2.17. The van der Waals surface area contributed by atoms with Crippen LogP contribution < -0.4 is 4.72 Å². The van der Waals surface area contributed by atoms with Gasteiger partial charge in [-0.15, -0.1) is 0 Å². The van der Waals surface area contributed by atoms with E-state index in [0.717, 1.165) is 0 Å². The topological polar surface area (TPSA) is 70.0 Å². The third-order valence-electron chi connectivity index (χ3n) is 1.64. The molecule has 0 aliphatic heterocycles. The molecule has 1 rings (SSSR count). The summed E-state index contributed by atoms with van der Waals surface area (Å²) in [6.45, 7) is 0. The van der Waals surface area contributed by atoms with Crippen molar-refractivity contribution in [1.29, 1.82) is 5.26 Å². The summed E-state index contributed by atoms with van der Waals surface area (Å²) in [5.74, 6) is 0. The molecule has 74 valence electrons. The Balaban J connectivity index is 3.31. The molecule has 0 saturated heterocycles. The van der Waals surface area contributed by atoms with Gasteiger partial charge in [-0.1, -0.05) is 11.6 Å². The minimum absolute atomic E-state index is 0.0454. The smallest absolute Gasteiger partial charge is 0.214 e. The van der Waals surface area contributed by atoms with E-state index in [1.54, 1.807) is 0 Å². The van der Waals surface area contributed by atoms with Gasteiger partial charge in [0.05, 0.1) is 15.5 Å². The van der Waals surface area contributed by atoms with E-state index in [4.69, 9.17) is 16.9 Å². The average molecular weight is 231 g/mol. The molecule has 0 aliphatic rings. The Hall–Kier alpha value is -1.09. The van der Waals surface area contributed by atoms with Gasteiger partial charge in [0, 0.05) is 0 Å². The molecule has 0 unspecified atom stereocenters. The maximum atomic E-state index is 11.3. The molecule has 4 nitrogen and oxygen atoms in total. The summed E-state index contributed by atoms with van der Waals surface area (Å²) in [6, 6.07) is 5.78. The summed E-state index contributed by atoms with van der Waals surface area (Å²) >= 11 is 5.68. The highest BCUT2D eigenvalue weighted by Crippen LogP contribution is 2.19. The monoisotopic (exact) mass is 230 g/mol. The summed E-state index contributed by atoms with van der Waals surface area (Å²) in [6.07, 6.45) is 0. The van der Waals surface area contributed by atoms with Crippen molar-refractivity contribution in [1.82, 2.24) is 4.72 Å². The summed E-state index contributed by atoms with van der Waals surface area (Å²) < 4.78 is 24.8. The van der Waals surface area contributed by atoms with Crippen molar-refractivity contribution < 1.29 is 8.42 Å². The van der Waals surface area contributed by atoms with Crippen LogP contribution in [0.5, 0.6) is 0 Å². The molecule has 0 saturated carbocycles. The van der Waals surface area contributed by atoms with Gasteiger partial charge in [-0.2, -0.15) is 5.26 Å². The van der Waals surface area contributed by atoms with Gasteiger partial charge < -0.3 is 0 Å². The number of nitriles is 1. The molecule has 0 spiro atoms. The Kier molecular flexibility index (Phi) is 3.11. The molecule has 6 heteroatoms. The SMILES string of the molecule is CNS(=O)(=O)c1ccc(C#N)c(Cl)c1. The van der Waals surface area contributed by atoms with Crippen molar-refractivity contribution in [2.45, 2.75) is 4.90 Å². The predicted molar refractivity (Wildman–Crippen MR) is 52.4 cm³/mol. The number of nitrogens with one attached hydrogen (secondary N) is 1. The van der Waals surface area contributed by atoms with Crippen molar-refractivity contribution >= 4 is 21.6 Å². The molecule has 1 N–H and O–H groups in total. The van der Waals surface area contributed by atoms with Crippen LogP contribution in [-0.2, 0) is 10.0 Å². The van der Waals surface area contributed by atoms with Crippen LogP contribution in [0.4, 0.5) is 0 Å². The standard InChI is InChI=1S/C8H7ClN2O2S/c1-11-14(12,13)7-3-2-6(5-10)8(9)4-7/h2-4,11H,1H3. The number of sulfonamides is 1. The molecule has 0 fully saturated rings. The van der Waals surface area contributed by atoms with Crippen LogP contribution in [0, 0.1) is 11.3 Å². The van der Waals surface area contributed by atoms with Gasteiger partial charge in [0.2, 0.25) is 10.0 Å². The van der Waals surface area contributed by atoms with Gasteiger partial charge in [-0.3, -0.25) is 0 Å². The van der Waals surface area contributed by atoms with Crippen LogP contribution in [0.1, 0.15) is 5.56 Å². The van der Waals surface area contributed by atoms with Crippen LogP contribution in [0.25, 0.3) is 0 Å². The van der Waals surface area contributed by atoms with Crippen molar-refractivity contribution in [3.05, 3.63) is 28.8 Å². The molecule has 0 aromatic heterocycles. The minimum Gasteiger partial charge on any atom is -0.214 e. The number of halogens is 1. The highest BCUT2D eigenvalue weighted by molar-refractivity contribution is 7.89. The summed E-state index contributed by atoms with van der Waals surface area (Å²) in [7, 11) is -2.18. The zero-order valence-corrected chi connectivity index (χ0v) is 8.85. The fourth-order valence-electron chi connectivity index (χ4n) is 0.872. The lowest BCUT2D eigenvalue weighted by Crippen LogP contribution is -2.18. The fraction of sp³-hybridized carbons (Fsp3) is 0.125. The fourth-order valence-corrected chi connectivity index (χ4v) is 1.91. The quantitative estimate of drug-likeness (QED) is 0.828. The first kappa shape index (κ1) is 11.0. The molecular weight excluding hydrogens is 224 g/mol. The molecule has 0 aliphatic carbocycles. The maximum Gasteiger partial charge on any atom is 0.240 e. The van der Waals surface area contributed by atoms with Crippen LogP contribution in [0.2, 0.25) is 5.02 Å². The Morgan fingerprint density at radius 2 is 2.14 bits per heavy atom. The second kappa shape index (κ2) is 3.96. The third-order valence-corrected chi connectivity index (χ3v) is 3.36. The van der Waals surface area contributed by atoms with E-state index in [1.165, 1.54) is 25.2 Å². The van der Waals surface area contributed by atoms with Gasteiger partial charge in [0.1, 0.15) is 6.07 Å². The molecule has 0 bridgehead atoms. The van der Waals surface area contributed by atoms with Crippen molar-refractivity contribution in [3.8, 4) is 6.07 Å². The molecular formula is C8H7ClN2O2S. The molecule has 1 aromatic rings. The normalized spacial score (nSPS) is 10.9. The van der Waals surface area contributed by atoms with E-state index in [2.05, 4.69) is 4.72 Å². The first-order valence-corrected chi connectivity index (χ1v) is 5.50. The van der Waals surface area contributed by atoms with Gasteiger partial charge in [-0.25, -0.2) is 13.1 Å². The second-order valence-electron chi connectivity index (χ2n) is 2.46. The van der Waals surface area contributed by atoms with Gasteiger partial charge in [-0.05, 0) is 25.2 Å². The first-order valence-electron chi connectivity index (χ1n) is 3.64. The first-order chi connectivity index (χ1) is 6.51. The van der Waals surface area contributed by atoms with Gasteiger partial charge in [0.15, 0.2) is 0 Å². The predicted octanol–water partition coefficient (Wildman–Crippen LogP) is 1.12. The van der Waals surface area contributed by atoms with Gasteiger partial charge >= 0.3 is 0 Å². The highest BCUT2D eigenvalue weighted by Gasteiger charge is 2.12. The van der Waals surface area contributed by atoms with Crippen molar-refractivity contribution in [2.75, 3.05) is 7.05 Å². The Morgan fingerprint density at radius 1 is 1.50 bits per heavy atom. The van der Waals surface area contributed by atoms with E-state index in [0.29, 0.717) is 0 Å². The number of hydrogen-bond acceptors (Lipinski definition) is 3. The van der Waals surface area contributed by atoms with Crippen LogP contribution in [-0.4, -0.2) is 15.5 Å². The van der Waals surface area contributed by atoms with Crippen LogP contribution in [0.15, 0.2) is 23.1 Å². The number of benzene rings is 1. The number of nitrogens with zero attached hydrogens (tertiary/aromatic N) is 1. The Bertz CT molecular complexity index is 491. The molecule has 0 amide bonds. The summed E-state index contributed by atoms with van der Waals surface area (Å²) in [5, 5.41) is 8.70. The summed E-state index contributed by atoms with van der Waals surface area (Å²) in [5.41, 5.74) is 0.252. The lowest BCUT2D eigenvalue weighted by atomic mass is 10.2. The van der Waals surface area contributed by atoms with E-state index in [-0.39, 0.29) is 15.5 Å². The minimum atomic E-state index is -3.49. The third kappa shape index (κ3) is 2.04. The zero-order chi connectivity index (χ0) is 10.8. The van der Waals surface area contributed by atoms with E-state index in [1.807, 2.05) is 6.07 Å². The number of hydrogen-bond donors (Lipinski definition) is 1. The van der Waals surface area contributed by atoms with Gasteiger partial charge in [0.25, 0.3) is 0 Å². The van der Waals surface area contributed by atoms with Crippen LogP contribution >= 0.6 is 11.6 Å². The largest absolute Gasteiger partial charge is 0.240 e. The van der Waals surface area contributed by atoms with Crippen molar-refractivity contribution in [2.24, 2.45) is 0 Å². The summed E-state index contributed by atoms with van der Waals surface area (Å²) in [4.78, 5) is 0.0454. The van der Waals surface area contributed by atoms with E-state index in [9.17, 15) is 8.42 Å². The Labute approximate surface area is 87.2 Å². The lowest BCUT2D eigenvalue weighted by Gasteiger charge is -2.02. The second-order valence-corrected chi connectivity index (χ2v) is 4.75. The lowest BCUT2D eigenvalue weighted by molar-refractivity contribution is 0.588. The Morgan fingerprint density at radius 3 is 2.57 bits per heavy atom. The molecule has 1 aromatic carbocycles. The molecule has 0 atom stereocenters. The van der Waals surface area contributed by atoms with Crippen molar-refractivity contribution in [3.63, 3.8) is 0 Å². The molecule has 14 heavy (non-hydrogen) atoms. The molecule has 0 heterocycles.